The van der Waals surface area contributed by atoms with Gasteiger partial charge in [-0.05, 0) is 6.92 Å². The molecule has 1 aliphatic heterocycles. The molecule has 0 aromatic rings. The highest BCUT2D eigenvalue weighted by molar-refractivity contribution is 7.55. The molecule has 1 rings (SSSR count). The zero-order chi connectivity index (χ0) is 15.0. The summed E-state index contributed by atoms with van der Waals surface area (Å²) in [5, 5.41) is 3.21. The van der Waals surface area contributed by atoms with Crippen LogP contribution in [0.15, 0.2) is 0 Å². The van der Waals surface area contributed by atoms with E-state index in [1.165, 1.54) is 0 Å². The molecule has 1 saturated heterocycles. The molecule has 0 aromatic carbocycles. The Balaban J connectivity index is -0.000000328. The Hall–Kier alpha value is 0.110. The van der Waals surface area contributed by atoms with Crippen molar-refractivity contribution < 1.29 is 9.09 Å². The largest absolute Gasteiger partial charge is 0.318 e. The Morgan fingerprint density at radius 3 is 1.78 bits per heavy atom. The van der Waals surface area contributed by atoms with Crippen molar-refractivity contribution >= 4 is 7.52 Å². The fourth-order valence-corrected chi connectivity index (χ4v) is 2.91. The molecule has 0 aromatic heterocycles. The summed E-state index contributed by atoms with van der Waals surface area (Å²) in [6.07, 6.45) is 0. The van der Waals surface area contributed by atoms with Gasteiger partial charge < -0.3 is 9.84 Å². The van der Waals surface area contributed by atoms with Crippen molar-refractivity contribution in [1.82, 2.24) is 9.99 Å². The SMILES string of the molecule is CC.CC.CC.CCOP(C)(=O)N1CCNCC1. The van der Waals surface area contributed by atoms with E-state index < -0.39 is 7.52 Å². The minimum absolute atomic E-state index is 0.526. The number of nitrogens with zero attached hydrogens (tertiary/aromatic N) is 1. The second-order valence-corrected chi connectivity index (χ2v) is 5.35. The van der Waals surface area contributed by atoms with Crippen LogP contribution in [0.2, 0.25) is 0 Å². The molecule has 1 atom stereocenters. The molecule has 1 aliphatic rings. The summed E-state index contributed by atoms with van der Waals surface area (Å²) >= 11 is 0. The van der Waals surface area contributed by atoms with Crippen LogP contribution >= 0.6 is 7.52 Å². The number of hydrogen-bond donors (Lipinski definition) is 1. The number of nitrogens with one attached hydrogen (secondary N) is 1. The summed E-state index contributed by atoms with van der Waals surface area (Å²) in [4.78, 5) is 0. The van der Waals surface area contributed by atoms with Crippen LogP contribution in [-0.4, -0.2) is 44.1 Å². The van der Waals surface area contributed by atoms with Crippen LogP contribution in [0, 0.1) is 0 Å². The van der Waals surface area contributed by atoms with E-state index in [0.29, 0.717) is 6.61 Å². The van der Waals surface area contributed by atoms with Crippen LogP contribution in [0.25, 0.3) is 0 Å². The van der Waals surface area contributed by atoms with Crippen LogP contribution < -0.4 is 5.32 Å². The Kier molecular flexibility index (Phi) is 22.1. The van der Waals surface area contributed by atoms with Crippen LogP contribution in [0.4, 0.5) is 0 Å². The fraction of sp³-hybridized carbons (Fsp3) is 1.00. The Morgan fingerprint density at radius 1 is 1.06 bits per heavy atom. The zero-order valence-corrected chi connectivity index (χ0v) is 14.6. The second kappa shape index (κ2) is 17.1. The lowest BCUT2D eigenvalue weighted by molar-refractivity contribution is 0.261. The maximum atomic E-state index is 11.8. The summed E-state index contributed by atoms with van der Waals surface area (Å²) < 4.78 is 19.0. The van der Waals surface area contributed by atoms with Gasteiger partial charge in [-0.3, -0.25) is 4.57 Å². The lowest BCUT2D eigenvalue weighted by Crippen LogP contribution is -2.41. The summed E-state index contributed by atoms with van der Waals surface area (Å²) in [5.41, 5.74) is 0. The predicted molar refractivity (Wildman–Crippen MR) is 83.6 cm³/mol. The van der Waals surface area contributed by atoms with Crippen molar-refractivity contribution in [2.45, 2.75) is 48.5 Å². The molecule has 4 nitrogen and oxygen atoms in total. The number of rotatable bonds is 3. The molecule has 0 radical (unpaired) electrons. The molecule has 0 saturated carbocycles. The molecule has 0 amide bonds. The third-order valence-corrected chi connectivity index (χ3v) is 4.14. The Morgan fingerprint density at radius 2 is 1.44 bits per heavy atom. The molecule has 18 heavy (non-hydrogen) atoms. The molecular formula is C13H35N2O2P. The van der Waals surface area contributed by atoms with E-state index in [9.17, 15) is 4.57 Å². The number of hydrogen-bond acceptors (Lipinski definition) is 3. The quantitative estimate of drug-likeness (QED) is 0.799. The van der Waals surface area contributed by atoms with E-state index in [-0.39, 0.29) is 0 Å². The van der Waals surface area contributed by atoms with Gasteiger partial charge >= 0.3 is 0 Å². The average Bonchev–Trinajstić information content (AvgIpc) is 2.46. The minimum atomic E-state index is -2.47. The summed E-state index contributed by atoms with van der Waals surface area (Å²) in [6, 6.07) is 0. The first-order chi connectivity index (χ1) is 8.67. The highest BCUT2D eigenvalue weighted by atomic mass is 31.2. The number of piperazine rings is 1. The molecule has 1 heterocycles. The van der Waals surface area contributed by atoms with Crippen molar-refractivity contribution in [1.29, 1.82) is 0 Å². The van der Waals surface area contributed by atoms with Crippen molar-refractivity contribution in [3.63, 3.8) is 0 Å². The maximum absolute atomic E-state index is 11.8. The zero-order valence-electron chi connectivity index (χ0n) is 13.7. The molecule has 1 fully saturated rings. The van der Waals surface area contributed by atoms with Gasteiger partial charge in [0.2, 0.25) is 0 Å². The van der Waals surface area contributed by atoms with Crippen LogP contribution in [0.1, 0.15) is 48.5 Å². The van der Waals surface area contributed by atoms with E-state index in [0.717, 1.165) is 26.2 Å². The molecule has 0 spiro atoms. The predicted octanol–water partition coefficient (Wildman–Crippen LogP) is 3.83. The van der Waals surface area contributed by atoms with Gasteiger partial charge in [0.05, 0.1) is 6.61 Å². The van der Waals surface area contributed by atoms with Gasteiger partial charge in [-0.1, -0.05) is 41.5 Å². The third-order valence-electron chi connectivity index (χ3n) is 1.98. The normalized spacial score (nSPS) is 17.8. The van der Waals surface area contributed by atoms with Gasteiger partial charge in [0.15, 0.2) is 0 Å². The molecule has 0 bridgehead atoms. The van der Waals surface area contributed by atoms with Crippen LogP contribution in [0.3, 0.4) is 0 Å². The fourth-order valence-electron chi connectivity index (χ4n) is 1.34. The maximum Gasteiger partial charge on any atom is 0.269 e. The Labute approximate surface area is 115 Å². The smallest absolute Gasteiger partial charge is 0.269 e. The molecular weight excluding hydrogens is 247 g/mol. The molecule has 5 heteroatoms. The van der Waals surface area contributed by atoms with Gasteiger partial charge in [-0.15, -0.1) is 0 Å². The van der Waals surface area contributed by atoms with Crippen molar-refractivity contribution in [2.75, 3.05) is 39.5 Å². The summed E-state index contributed by atoms with van der Waals surface area (Å²) in [7, 11) is -2.47. The van der Waals surface area contributed by atoms with Gasteiger partial charge in [0.1, 0.15) is 0 Å². The highest BCUT2D eigenvalue weighted by Gasteiger charge is 2.26. The first-order valence-corrected chi connectivity index (χ1v) is 9.37. The minimum Gasteiger partial charge on any atom is -0.318 e. The first-order valence-electron chi connectivity index (χ1n) is 7.35. The Bertz CT molecular complexity index is 184. The average molecular weight is 282 g/mol. The van der Waals surface area contributed by atoms with Gasteiger partial charge in [0.25, 0.3) is 7.52 Å². The van der Waals surface area contributed by atoms with Gasteiger partial charge in [-0.25, -0.2) is 4.67 Å². The second-order valence-electron chi connectivity index (χ2n) is 2.92. The third kappa shape index (κ3) is 11.2. The van der Waals surface area contributed by atoms with Crippen LogP contribution in [-0.2, 0) is 9.09 Å². The standard InChI is InChI=1S/C7H17N2O2P.3C2H6/c1-3-11-12(2,10)9-6-4-8-5-7-9;3*1-2/h8H,3-7H2,1-2H3;3*1-2H3. The first kappa shape index (κ1) is 23.2. The van der Waals surface area contributed by atoms with Gasteiger partial charge in [-0.2, -0.15) is 0 Å². The molecule has 114 valence electrons. The topological polar surface area (TPSA) is 41.6 Å². The monoisotopic (exact) mass is 282 g/mol. The van der Waals surface area contributed by atoms with E-state index in [4.69, 9.17) is 4.52 Å². The highest BCUT2D eigenvalue weighted by Crippen LogP contribution is 2.46. The molecule has 1 unspecified atom stereocenters. The van der Waals surface area contributed by atoms with Crippen molar-refractivity contribution in [3.8, 4) is 0 Å². The van der Waals surface area contributed by atoms with Gasteiger partial charge in [0, 0.05) is 32.8 Å². The van der Waals surface area contributed by atoms with E-state index in [1.807, 2.05) is 53.1 Å². The molecule has 1 N–H and O–H groups in total. The van der Waals surface area contributed by atoms with Crippen molar-refractivity contribution in [3.05, 3.63) is 0 Å². The lowest BCUT2D eigenvalue weighted by atomic mass is 10.4. The van der Waals surface area contributed by atoms with E-state index in [1.54, 1.807) is 6.66 Å². The van der Waals surface area contributed by atoms with Crippen molar-refractivity contribution in [2.24, 2.45) is 0 Å². The summed E-state index contributed by atoms with van der Waals surface area (Å²) in [6.45, 7) is 19.6. The van der Waals surface area contributed by atoms with E-state index in [2.05, 4.69) is 5.32 Å². The summed E-state index contributed by atoms with van der Waals surface area (Å²) in [5.74, 6) is 0. The van der Waals surface area contributed by atoms with E-state index >= 15 is 0 Å². The van der Waals surface area contributed by atoms with Crippen LogP contribution in [0.5, 0.6) is 0 Å². The lowest BCUT2D eigenvalue weighted by Gasteiger charge is -2.31. The molecule has 0 aliphatic carbocycles.